The highest BCUT2D eigenvalue weighted by molar-refractivity contribution is 5.76. The number of benzene rings is 4. The van der Waals surface area contributed by atoms with E-state index >= 15 is 0 Å². The molecule has 4 aromatic carbocycles. The Bertz CT molecular complexity index is 1630. The Hall–Kier alpha value is -3.56. The third-order valence-electron chi connectivity index (χ3n) is 10.7. The molecule has 0 bridgehead atoms. The van der Waals surface area contributed by atoms with Gasteiger partial charge in [0.15, 0.2) is 0 Å². The molecule has 1 aliphatic carbocycles. The standard InChI is InChI=1S/C40H46FN2O4.BrH/c1-43(2,28-29-14-7-4-8-15-29)23-13-20-38(45)42-26-34-35(27-42)40(46,33-24-32(41)21-22-36(33)47-3)37(44)25-39(34,30-16-9-5-10-17-30)31-18-11-6-12-19-31;/h4-12,14-19,21-22,24,34-35,37,44,46H,13,20,23,25-28H2,1-3H3;1H/q+1;/p-1/t34-,35+,37-,40+;/m1./s1. The molecule has 2 fully saturated rings. The van der Waals surface area contributed by atoms with Crippen LogP contribution in [0, 0.1) is 17.7 Å². The summed E-state index contributed by atoms with van der Waals surface area (Å²) in [6, 6.07) is 34.6. The van der Waals surface area contributed by atoms with Crippen molar-refractivity contribution in [3.63, 3.8) is 0 Å². The van der Waals surface area contributed by atoms with Gasteiger partial charge in [0.1, 0.15) is 23.7 Å². The Kier molecular flexibility index (Phi) is 10.8. The first-order valence-corrected chi connectivity index (χ1v) is 16.6. The fraction of sp³-hybridized carbons (Fsp3) is 0.375. The number of hydrogen-bond acceptors (Lipinski definition) is 4. The van der Waals surface area contributed by atoms with E-state index in [1.165, 1.54) is 30.9 Å². The maximum Gasteiger partial charge on any atom is 0.222 e. The minimum Gasteiger partial charge on any atom is -1.00 e. The number of hydrogen-bond donors (Lipinski definition) is 2. The van der Waals surface area contributed by atoms with Crippen LogP contribution in [-0.2, 0) is 22.4 Å². The zero-order valence-corrected chi connectivity index (χ0v) is 29.5. The highest BCUT2D eigenvalue weighted by Crippen LogP contribution is 2.60. The van der Waals surface area contributed by atoms with Crippen molar-refractivity contribution in [2.24, 2.45) is 11.8 Å². The first kappa shape index (κ1) is 35.7. The molecule has 6 rings (SSSR count). The molecule has 1 saturated heterocycles. The maximum absolute atomic E-state index is 14.8. The van der Waals surface area contributed by atoms with E-state index < -0.39 is 28.9 Å². The second-order valence-corrected chi connectivity index (χ2v) is 14.0. The molecule has 1 amide bonds. The lowest BCUT2D eigenvalue weighted by Gasteiger charge is -2.55. The van der Waals surface area contributed by atoms with Gasteiger partial charge in [0, 0.05) is 48.4 Å². The second-order valence-electron chi connectivity index (χ2n) is 14.0. The van der Waals surface area contributed by atoms with Crippen molar-refractivity contribution in [1.82, 2.24) is 4.90 Å². The van der Waals surface area contributed by atoms with Gasteiger partial charge in [0.25, 0.3) is 0 Å². The molecular formula is C40H46BrFN2O4. The van der Waals surface area contributed by atoms with Gasteiger partial charge in [0.2, 0.25) is 5.91 Å². The molecule has 48 heavy (non-hydrogen) atoms. The predicted molar refractivity (Wildman–Crippen MR) is 181 cm³/mol. The summed E-state index contributed by atoms with van der Waals surface area (Å²) < 4.78 is 21.2. The summed E-state index contributed by atoms with van der Waals surface area (Å²) in [7, 11) is 5.85. The molecule has 0 unspecified atom stereocenters. The van der Waals surface area contributed by atoms with Gasteiger partial charge in [-0.05, 0) is 41.7 Å². The smallest absolute Gasteiger partial charge is 0.222 e. The number of fused-ring (bicyclic) bond motifs is 1. The number of aliphatic hydroxyl groups is 2. The summed E-state index contributed by atoms with van der Waals surface area (Å²) in [6.45, 7) is 2.35. The van der Waals surface area contributed by atoms with Crippen molar-refractivity contribution in [3.8, 4) is 5.75 Å². The van der Waals surface area contributed by atoms with Crippen molar-refractivity contribution in [3.05, 3.63) is 137 Å². The Morgan fingerprint density at radius 2 is 1.46 bits per heavy atom. The van der Waals surface area contributed by atoms with Crippen LogP contribution in [0.2, 0.25) is 0 Å². The molecule has 1 saturated carbocycles. The molecule has 0 aromatic heterocycles. The lowest BCUT2D eigenvalue weighted by atomic mass is 9.51. The SMILES string of the molecule is COc1ccc(F)cc1[C@@]1(O)[C@H](O)CC(c2ccccc2)(c2ccccc2)[C@@H]2CN(C(=O)CCC[N+](C)(C)Cc3ccccc3)C[C@@H]21.[Br-]. The Morgan fingerprint density at radius 1 is 0.896 bits per heavy atom. The number of aliphatic hydroxyl groups excluding tert-OH is 1. The molecule has 0 spiro atoms. The van der Waals surface area contributed by atoms with Gasteiger partial charge in [-0.1, -0.05) is 91.0 Å². The third-order valence-corrected chi connectivity index (χ3v) is 10.7. The van der Waals surface area contributed by atoms with E-state index in [2.05, 4.69) is 50.5 Å². The van der Waals surface area contributed by atoms with Crippen LogP contribution >= 0.6 is 0 Å². The van der Waals surface area contributed by atoms with Gasteiger partial charge in [-0.2, -0.15) is 0 Å². The van der Waals surface area contributed by atoms with Gasteiger partial charge in [-0.3, -0.25) is 4.79 Å². The third kappa shape index (κ3) is 6.68. The molecule has 2 N–H and O–H groups in total. The number of carbonyl (C=O) groups excluding carboxylic acids is 1. The molecule has 8 heteroatoms. The van der Waals surface area contributed by atoms with E-state index in [0.29, 0.717) is 18.7 Å². The fourth-order valence-corrected chi connectivity index (χ4v) is 8.46. The van der Waals surface area contributed by atoms with Gasteiger partial charge in [-0.15, -0.1) is 0 Å². The van der Waals surface area contributed by atoms with Gasteiger partial charge < -0.3 is 41.3 Å². The van der Waals surface area contributed by atoms with Crippen LogP contribution in [0.4, 0.5) is 4.39 Å². The molecule has 4 atom stereocenters. The minimum absolute atomic E-state index is 0. The van der Waals surface area contributed by atoms with E-state index in [4.69, 9.17) is 4.74 Å². The summed E-state index contributed by atoms with van der Waals surface area (Å²) in [5.41, 5.74) is 0.950. The minimum atomic E-state index is -1.85. The lowest BCUT2D eigenvalue weighted by Crippen LogP contribution is -3.00. The summed E-state index contributed by atoms with van der Waals surface area (Å²) in [6.07, 6.45) is 0.0125. The molecule has 2 aliphatic rings. The molecule has 1 aliphatic heterocycles. The fourth-order valence-electron chi connectivity index (χ4n) is 8.46. The first-order valence-electron chi connectivity index (χ1n) is 16.6. The average molecular weight is 718 g/mol. The second kappa shape index (κ2) is 14.5. The van der Waals surface area contributed by atoms with Crippen molar-refractivity contribution in [1.29, 1.82) is 0 Å². The van der Waals surface area contributed by atoms with Gasteiger partial charge in [0.05, 0.1) is 33.9 Å². The number of rotatable bonds is 10. The van der Waals surface area contributed by atoms with Crippen molar-refractivity contribution < 1.29 is 45.6 Å². The number of halogens is 2. The monoisotopic (exact) mass is 716 g/mol. The summed E-state index contributed by atoms with van der Waals surface area (Å²) >= 11 is 0. The number of quaternary nitrogens is 1. The topological polar surface area (TPSA) is 70.0 Å². The molecule has 4 aromatic rings. The van der Waals surface area contributed by atoms with E-state index in [0.717, 1.165) is 35.1 Å². The average Bonchev–Trinajstić information content (AvgIpc) is 3.54. The van der Waals surface area contributed by atoms with Crippen LogP contribution in [0.15, 0.2) is 109 Å². The normalized spacial score (nSPS) is 23.2. The first-order chi connectivity index (χ1) is 22.6. The van der Waals surface area contributed by atoms with Crippen molar-refractivity contribution >= 4 is 5.91 Å². The Labute approximate surface area is 294 Å². The zero-order valence-electron chi connectivity index (χ0n) is 27.9. The molecule has 0 radical (unpaired) electrons. The van der Waals surface area contributed by atoms with Crippen LogP contribution in [0.5, 0.6) is 5.75 Å². The van der Waals surface area contributed by atoms with Crippen LogP contribution in [0.3, 0.4) is 0 Å². The number of amides is 1. The summed E-state index contributed by atoms with van der Waals surface area (Å²) in [4.78, 5) is 15.9. The molecule has 1 heterocycles. The number of carbonyl (C=O) groups is 1. The quantitative estimate of drug-likeness (QED) is 0.248. The molecule has 6 nitrogen and oxygen atoms in total. The predicted octanol–water partition coefficient (Wildman–Crippen LogP) is 2.91. The van der Waals surface area contributed by atoms with E-state index in [-0.39, 0.29) is 47.3 Å². The van der Waals surface area contributed by atoms with Gasteiger partial charge in [-0.25, -0.2) is 4.39 Å². The van der Waals surface area contributed by atoms with E-state index in [1.54, 1.807) is 0 Å². The Balaban J connectivity index is 0.00000451. The largest absolute Gasteiger partial charge is 1.00 e. The molecular weight excluding hydrogens is 671 g/mol. The van der Waals surface area contributed by atoms with Crippen LogP contribution in [-0.4, -0.2) is 72.4 Å². The number of methoxy groups -OCH3 is 1. The van der Waals surface area contributed by atoms with Crippen molar-refractivity contribution in [2.75, 3.05) is 40.8 Å². The highest BCUT2D eigenvalue weighted by Gasteiger charge is 2.65. The number of nitrogens with zero attached hydrogens (tertiary/aromatic N) is 2. The number of ether oxygens (including phenoxy) is 1. The Morgan fingerprint density at radius 3 is 2.04 bits per heavy atom. The van der Waals surface area contributed by atoms with Gasteiger partial charge >= 0.3 is 0 Å². The zero-order chi connectivity index (χ0) is 33.2. The van der Waals surface area contributed by atoms with Crippen LogP contribution in [0.25, 0.3) is 0 Å². The van der Waals surface area contributed by atoms with Crippen LogP contribution in [0.1, 0.15) is 41.5 Å². The maximum atomic E-state index is 14.8. The highest BCUT2D eigenvalue weighted by atomic mass is 79.9. The van der Waals surface area contributed by atoms with E-state index in [9.17, 15) is 19.4 Å². The van der Waals surface area contributed by atoms with Crippen LogP contribution < -0.4 is 21.7 Å². The van der Waals surface area contributed by atoms with E-state index in [1.807, 2.05) is 59.5 Å². The summed E-state index contributed by atoms with van der Waals surface area (Å²) in [5, 5.41) is 24.9. The lowest BCUT2D eigenvalue weighted by molar-refractivity contribution is -0.903. The van der Waals surface area contributed by atoms with Crippen molar-refractivity contribution in [2.45, 2.75) is 42.9 Å². The molecule has 254 valence electrons. The number of likely N-dealkylation sites (tertiary alicyclic amines) is 1. The summed E-state index contributed by atoms with van der Waals surface area (Å²) in [5.74, 6) is -1.07.